The van der Waals surface area contributed by atoms with Crippen molar-refractivity contribution in [1.82, 2.24) is 4.98 Å². The monoisotopic (exact) mass is 208 g/mol. The zero-order chi connectivity index (χ0) is 9.92. The zero-order valence-electron chi connectivity index (χ0n) is 8.66. The summed E-state index contributed by atoms with van der Waals surface area (Å²) in [4.78, 5) is 5.98. The van der Waals surface area contributed by atoms with Gasteiger partial charge >= 0.3 is 0 Å². The van der Waals surface area contributed by atoms with Gasteiger partial charge in [0.25, 0.3) is 0 Å². The second-order valence-corrected chi connectivity index (χ2v) is 6.09. The van der Waals surface area contributed by atoms with E-state index in [2.05, 4.69) is 18.8 Å². The molecule has 0 saturated heterocycles. The van der Waals surface area contributed by atoms with Crippen LogP contribution >= 0.6 is 11.3 Å². The van der Waals surface area contributed by atoms with Crippen LogP contribution in [-0.2, 0) is 0 Å². The molecule has 3 heteroatoms. The minimum Gasteiger partial charge on any atom is -0.327 e. The lowest BCUT2D eigenvalue weighted by Crippen LogP contribution is -2.06. The van der Waals surface area contributed by atoms with Gasteiger partial charge in [0.05, 0.1) is 11.2 Å². The normalized spacial score (nSPS) is 34.5. The van der Waals surface area contributed by atoms with E-state index in [-0.39, 0.29) is 0 Å². The van der Waals surface area contributed by atoms with Gasteiger partial charge in [-0.05, 0) is 18.3 Å². The van der Waals surface area contributed by atoms with Gasteiger partial charge in [-0.1, -0.05) is 13.8 Å². The number of rotatable bonds is 2. The lowest BCUT2D eigenvalue weighted by atomic mass is 10.1. The Morgan fingerprint density at radius 2 is 2.14 bits per heavy atom. The number of aromatic nitrogens is 1. The van der Waals surface area contributed by atoms with E-state index in [9.17, 15) is 0 Å². The van der Waals surface area contributed by atoms with Gasteiger partial charge in [-0.3, -0.25) is 0 Å². The number of nitrogens with two attached hydrogens (primary N) is 1. The fraction of sp³-hybridized carbons (Fsp3) is 0.727. The van der Waals surface area contributed by atoms with Gasteiger partial charge in [-0.2, -0.15) is 0 Å². The summed E-state index contributed by atoms with van der Waals surface area (Å²) in [7, 11) is 0. The predicted octanol–water partition coefficient (Wildman–Crippen LogP) is 2.47. The van der Waals surface area contributed by atoms with Crippen LogP contribution in [0.25, 0.3) is 0 Å². The first-order chi connectivity index (χ1) is 6.62. The molecule has 3 rings (SSSR count). The lowest BCUT2D eigenvalue weighted by molar-refractivity contribution is 0.599. The van der Waals surface area contributed by atoms with Crippen molar-refractivity contribution < 1.29 is 0 Å². The molecule has 2 aliphatic carbocycles. The minimum absolute atomic E-state index is 0.302. The Kier molecular flexibility index (Phi) is 1.63. The van der Waals surface area contributed by atoms with Crippen molar-refractivity contribution in [3.63, 3.8) is 0 Å². The molecule has 2 nitrogen and oxygen atoms in total. The van der Waals surface area contributed by atoms with Crippen molar-refractivity contribution in [2.45, 2.75) is 44.6 Å². The third-order valence-electron chi connectivity index (χ3n) is 3.78. The number of nitrogens with zero attached hydrogens (tertiary/aromatic N) is 1. The molecule has 1 aromatic heterocycles. The van der Waals surface area contributed by atoms with E-state index in [1.165, 1.54) is 23.4 Å². The molecular formula is C11H16N2S. The van der Waals surface area contributed by atoms with E-state index < -0.39 is 0 Å². The molecule has 0 spiro atoms. The van der Waals surface area contributed by atoms with Gasteiger partial charge in [-0.15, -0.1) is 11.3 Å². The average molecular weight is 208 g/mol. The molecule has 2 aliphatic rings. The van der Waals surface area contributed by atoms with Crippen LogP contribution in [0.1, 0.15) is 49.1 Å². The first-order valence-electron chi connectivity index (χ1n) is 5.31. The molecule has 1 heterocycles. The highest BCUT2D eigenvalue weighted by Crippen LogP contribution is 2.60. The van der Waals surface area contributed by atoms with Gasteiger partial charge in [0.1, 0.15) is 0 Å². The highest BCUT2D eigenvalue weighted by atomic mass is 32.1. The summed E-state index contributed by atoms with van der Waals surface area (Å²) in [5.41, 5.74) is 9.76. The van der Waals surface area contributed by atoms with E-state index in [1.54, 1.807) is 11.3 Å². The van der Waals surface area contributed by atoms with Gasteiger partial charge < -0.3 is 5.73 Å². The van der Waals surface area contributed by atoms with Crippen LogP contribution in [0.15, 0.2) is 5.51 Å². The van der Waals surface area contributed by atoms with Gasteiger partial charge in [0.2, 0.25) is 0 Å². The van der Waals surface area contributed by atoms with Crippen LogP contribution in [0, 0.1) is 5.41 Å². The van der Waals surface area contributed by atoms with Crippen LogP contribution < -0.4 is 5.73 Å². The van der Waals surface area contributed by atoms with Crippen LogP contribution in [0.4, 0.5) is 0 Å². The van der Waals surface area contributed by atoms with E-state index in [4.69, 9.17) is 5.73 Å². The number of hydrogen-bond acceptors (Lipinski definition) is 3. The summed E-state index contributed by atoms with van der Waals surface area (Å²) < 4.78 is 0. The van der Waals surface area contributed by atoms with Crippen molar-refractivity contribution >= 4 is 11.3 Å². The smallest absolute Gasteiger partial charge is 0.0797 e. The lowest BCUT2D eigenvalue weighted by Gasteiger charge is -2.01. The first-order valence-corrected chi connectivity index (χ1v) is 6.19. The van der Waals surface area contributed by atoms with Crippen molar-refractivity contribution in [3.8, 4) is 0 Å². The van der Waals surface area contributed by atoms with Crippen LogP contribution in [0.3, 0.4) is 0 Å². The first kappa shape index (κ1) is 8.86. The highest BCUT2D eigenvalue weighted by Gasteiger charge is 2.58. The number of hydrogen-bond donors (Lipinski definition) is 1. The molecule has 2 atom stereocenters. The van der Waals surface area contributed by atoms with E-state index in [1.807, 2.05) is 5.51 Å². The summed E-state index contributed by atoms with van der Waals surface area (Å²) >= 11 is 1.80. The maximum absolute atomic E-state index is 6.10. The Morgan fingerprint density at radius 1 is 1.50 bits per heavy atom. The van der Waals surface area contributed by atoms with Gasteiger partial charge in [0, 0.05) is 22.8 Å². The summed E-state index contributed by atoms with van der Waals surface area (Å²) in [5, 5.41) is 0. The average Bonchev–Trinajstić information content (AvgIpc) is 2.98. The summed E-state index contributed by atoms with van der Waals surface area (Å²) in [6.07, 6.45) is 2.66. The molecule has 2 unspecified atom stereocenters. The fourth-order valence-corrected chi connectivity index (χ4v) is 3.56. The molecule has 2 fully saturated rings. The molecule has 76 valence electrons. The van der Waals surface area contributed by atoms with Crippen LogP contribution in [0.2, 0.25) is 0 Å². The summed E-state index contributed by atoms with van der Waals surface area (Å²) in [6, 6.07) is 0.348. The molecule has 14 heavy (non-hydrogen) atoms. The molecule has 2 N–H and O–H groups in total. The standard InChI is InChI=1S/C11H16N2S/c1-11(2)7(10(11)12)9-8(6-3-4-6)13-5-14-9/h5-7,10H,3-4,12H2,1-2H3. The van der Waals surface area contributed by atoms with Crippen molar-refractivity contribution in [2.24, 2.45) is 11.1 Å². The fourth-order valence-electron chi connectivity index (χ4n) is 2.34. The molecule has 0 aliphatic heterocycles. The zero-order valence-corrected chi connectivity index (χ0v) is 9.47. The Labute approximate surface area is 88.5 Å². The molecular weight excluding hydrogens is 192 g/mol. The van der Waals surface area contributed by atoms with E-state index >= 15 is 0 Å². The Balaban J connectivity index is 1.94. The Hall–Kier alpha value is -0.410. The maximum Gasteiger partial charge on any atom is 0.0797 e. The second-order valence-electron chi connectivity index (χ2n) is 5.20. The molecule has 0 aromatic carbocycles. The Bertz CT molecular complexity index is 365. The van der Waals surface area contributed by atoms with Crippen LogP contribution in [0.5, 0.6) is 0 Å². The van der Waals surface area contributed by atoms with Gasteiger partial charge in [-0.25, -0.2) is 4.98 Å². The molecule has 0 bridgehead atoms. The topological polar surface area (TPSA) is 38.9 Å². The van der Waals surface area contributed by atoms with Crippen molar-refractivity contribution in [2.75, 3.05) is 0 Å². The third kappa shape index (κ3) is 1.09. The second kappa shape index (κ2) is 2.58. The largest absolute Gasteiger partial charge is 0.327 e. The van der Waals surface area contributed by atoms with Crippen molar-refractivity contribution in [1.29, 1.82) is 0 Å². The van der Waals surface area contributed by atoms with Crippen molar-refractivity contribution in [3.05, 3.63) is 16.1 Å². The van der Waals surface area contributed by atoms with Gasteiger partial charge in [0.15, 0.2) is 0 Å². The molecule has 0 amide bonds. The maximum atomic E-state index is 6.10. The molecule has 0 radical (unpaired) electrons. The van der Waals surface area contributed by atoms with E-state index in [0.29, 0.717) is 17.4 Å². The molecule has 1 aromatic rings. The predicted molar refractivity (Wildman–Crippen MR) is 58.6 cm³/mol. The highest BCUT2D eigenvalue weighted by molar-refractivity contribution is 7.09. The number of thiazole rings is 1. The summed E-state index contributed by atoms with van der Waals surface area (Å²) in [6.45, 7) is 4.53. The van der Waals surface area contributed by atoms with Crippen LogP contribution in [-0.4, -0.2) is 11.0 Å². The summed E-state index contributed by atoms with van der Waals surface area (Å²) in [5.74, 6) is 1.34. The molecule has 2 saturated carbocycles. The SMILES string of the molecule is CC1(C)C(N)C1c1scnc1C1CC1. The quantitative estimate of drug-likeness (QED) is 0.811. The minimum atomic E-state index is 0.302. The third-order valence-corrected chi connectivity index (χ3v) is 4.71. The van der Waals surface area contributed by atoms with E-state index in [0.717, 1.165) is 5.92 Å². The Morgan fingerprint density at radius 3 is 2.64 bits per heavy atom.